The van der Waals surface area contributed by atoms with Gasteiger partial charge in [-0.2, -0.15) is 5.10 Å². The molecule has 0 aliphatic rings. The standard InChI is InChI=1S/C13H15ClN2O2/c1-3-16-12(13(14)9(2)15-16)8-18-11-6-4-5-10(17)7-11/h4-7,17H,3,8H2,1-2H3. The van der Waals surface area contributed by atoms with Gasteiger partial charge in [0.2, 0.25) is 0 Å². The Kier molecular flexibility index (Phi) is 3.77. The van der Waals surface area contributed by atoms with E-state index in [2.05, 4.69) is 5.10 Å². The van der Waals surface area contributed by atoms with Crippen molar-refractivity contribution in [1.29, 1.82) is 0 Å². The average molecular weight is 267 g/mol. The summed E-state index contributed by atoms with van der Waals surface area (Å²) in [4.78, 5) is 0. The zero-order valence-corrected chi connectivity index (χ0v) is 11.1. The molecule has 0 radical (unpaired) electrons. The maximum absolute atomic E-state index is 9.35. The summed E-state index contributed by atoms with van der Waals surface area (Å²) in [5, 5.41) is 14.3. The molecular weight excluding hydrogens is 252 g/mol. The molecule has 0 saturated heterocycles. The number of aromatic hydroxyl groups is 1. The number of hydrogen-bond acceptors (Lipinski definition) is 3. The number of rotatable bonds is 4. The van der Waals surface area contributed by atoms with Gasteiger partial charge >= 0.3 is 0 Å². The molecule has 1 aromatic heterocycles. The zero-order valence-electron chi connectivity index (χ0n) is 10.4. The Hall–Kier alpha value is -1.68. The highest BCUT2D eigenvalue weighted by Gasteiger charge is 2.12. The first-order chi connectivity index (χ1) is 8.61. The van der Waals surface area contributed by atoms with E-state index in [9.17, 15) is 5.11 Å². The molecule has 1 heterocycles. The van der Waals surface area contributed by atoms with Crippen LogP contribution in [0.25, 0.3) is 0 Å². The number of benzene rings is 1. The molecule has 2 rings (SSSR count). The van der Waals surface area contributed by atoms with Gasteiger partial charge in [-0.15, -0.1) is 0 Å². The van der Waals surface area contributed by atoms with Gasteiger partial charge in [-0.25, -0.2) is 0 Å². The lowest BCUT2D eigenvalue weighted by molar-refractivity contribution is 0.291. The number of aryl methyl sites for hydroxylation is 2. The molecule has 0 aliphatic heterocycles. The van der Waals surface area contributed by atoms with Crippen LogP contribution in [-0.2, 0) is 13.2 Å². The van der Waals surface area contributed by atoms with Gasteiger partial charge < -0.3 is 9.84 Å². The Morgan fingerprint density at radius 1 is 1.44 bits per heavy atom. The third kappa shape index (κ3) is 2.59. The van der Waals surface area contributed by atoms with E-state index in [1.807, 2.05) is 18.5 Å². The van der Waals surface area contributed by atoms with E-state index >= 15 is 0 Å². The first-order valence-electron chi connectivity index (χ1n) is 5.75. The van der Waals surface area contributed by atoms with E-state index < -0.39 is 0 Å². The van der Waals surface area contributed by atoms with Crippen LogP contribution in [0.15, 0.2) is 24.3 Å². The van der Waals surface area contributed by atoms with Crippen molar-refractivity contribution in [3.05, 3.63) is 40.7 Å². The monoisotopic (exact) mass is 266 g/mol. The second kappa shape index (κ2) is 5.31. The van der Waals surface area contributed by atoms with E-state index in [-0.39, 0.29) is 5.75 Å². The Morgan fingerprint density at radius 3 is 2.89 bits per heavy atom. The summed E-state index contributed by atoms with van der Waals surface area (Å²) in [6, 6.07) is 6.68. The maximum atomic E-state index is 9.35. The van der Waals surface area contributed by atoms with Gasteiger partial charge in [0.05, 0.1) is 16.4 Å². The van der Waals surface area contributed by atoms with Crippen LogP contribution in [0.5, 0.6) is 11.5 Å². The highest BCUT2D eigenvalue weighted by atomic mass is 35.5. The Balaban J connectivity index is 2.15. The van der Waals surface area contributed by atoms with Crippen molar-refractivity contribution in [2.24, 2.45) is 0 Å². The summed E-state index contributed by atoms with van der Waals surface area (Å²) in [6.07, 6.45) is 0. The van der Waals surface area contributed by atoms with Gasteiger partial charge in [-0.1, -0.05) is 17.7 Å². The molecule has 4 nitrogen and oxygen atoms in total. The van der Waals surface area contributed by atoms with Gasteiger partial charge in [0.1, 0.15) is 18.1 Å². The molecule has 0 fully saturated rings. The molecule has 0 amide bonds. The number of ether oxygens (including phenoxy) is 1. The van der Waals surface area contributed by atoms with Gasteiger partial charge in [0.25, 0.3) is 0 Å². The second-order valence-corrected chi connectivity index (χ2v) is 4.33. The Morgan fingerprint density at radius 2 is 2.22 bits per heavy atom. The second-order valence-electron chi connectivity index (χ2n) is 3.95. The molecule has 96 valence electrons. The number of halogens is 1. The van der Waals surface area contributed by atoms with Crippen molar-refractivity contribution >= 4 is 11.6 Å². The Bertz CT molecular complexity index is 552. The highest BCUT2D eigenvalue weighted by Crippen LogP contribution is 2.23. The van der Waals surface area contributed by atoms with Gasteiger partial charge in [0.15, 0.2) is 0 Å². The predicted octanol–water partition coefficient (Wildman–Crippen LogP) is 3.15. The fraction of sp³-hybridized carbons (Fsp3) is 0.308. The Labute approximate surface area is 111 Å². The first-order valence-corrected chi connectivity index (χ1v) is 6.13. The minimum Gasteiger partial charge on any atom is -0.508 e. The molecule has 1 aromatic carbocycles. The van der Waals surface area contributed by atoms with E-state index in [0.29, 0.717) is 17.4 Å². The zero-order chi connectivity index (χ0) is 13.1. The van der Waals surface area contributed by atoms with E-state index in [0.717, 1.165) is 17.9 Å². The molecule has 0 atom stereocenters. The molecular formula is C13H15ClN2O2. The van der Waals surface area contributed by atoms with Crippen LogP contribution < -0.4 is 4.74 Å². The molecule has 5 heteroatoms. The van der Waals surface area contributed by atoms with E-state index in [4.69, 9.17) is 16.3 Å². The summed E-state index contributed by atoms with van der Waals surface area (Å²) < 4.78 is 7.42. The topological polar surface area (TPSA) is 47.3 Å². The number of phenols is 1. The van der Waals surface area contributed by atoms with Gasteiger partial charge in [-0.05, 0) is 26.0 Å². The van der Waals surface area contributed by atoms with Gasteiger partial charge in [-0.3, -0.25) is 4.68 Å². The maximum Gasteiger partial charge on any atom is 0.131 e. The quantitative estimate of drug-likeness (QED) is 0.925. The van der Waals surface area contributed by atoms with E-state index in [1.54, 1.807) is 24.3 Å². The molecule has 0 unspecified atom stereocenters. The molecule has 18 heavy (non-hydrogen) atoms. The molecule has 0 saturated carbocycles. The largest absolute Gasteiger partial charge is 0.508 e. The van der Waals surface area contributed by atoms with Crippen LogP contribution in [-0.4, -0.2) is 14.9 Å². The third-order valence-electron chi connectivity index (χ3n) is 2.65. The van der Waals surface area contributed by atoms with Crippen molar-refractivity contribution in [3.8, 4) is 11.5 Å². The average Bonchev–Trinajstić information content (AvgIpc) is 2.63. The van der Waals surface area contributed by atoms with Crippen LogP contribution in [0.2, 0.25) is 5.02 Å². The van der Waals surface area contributed by atoms with Crippen LogP contribution in [0.3, 0.4) is 0 Å². The lowest BCUT2D eigenvalue weighted by Crippen LogP contribution is -2.06. The number of aromatic nitrogens is 2. The van der Waals surface area contributed by atoms with Crippen LogP contribution in [0.1, 0.15) is 18.3 Å². The molecule has 0 bridgehead atoms. The number of nitrogens with zero attached hydrogens (tertiary/aromatic N) is 2. The fourth-order valence-electron chi connectivity index (χ4n) is 1.73. The first kappa shape index (κ1) is 12.8. The van der Waals surface area contributed by atoms with Crippen molar-refractivity contribution in [2.75, 3.05) is 0 Å². The van der Waals surface area contributed by atoms with Gasteiger partial charge in [0, 0.05) is 12.6 Å². The summed E-state index contributed by atoms with van der Waals surface area (Å²) in [5.74, 6) is 0.784. The number of hydrogen-bond donors (Lipinski definition) is 1. The third-order valence-corrected chi connectivity index (χ3v) is 3.14. The van der Waals surface area contributed by atoms with E-state index in [1.165, 1.54) is 0 Å². The molecule has 0 spiro atoms. The van der Waals surface area contributed by atoms with Crippen LogP contribution in [0, 0.1) is 6.92 Å². The highest BCUT2D eigenvalue weighted by molar-refractivity contribution is 6.31. The minimum absolute atomic E-state index is 0.179. The summed E-state index contributed by atoms with van der Waals surface area (Å²) in [5.41, 5.74) is 1.65. The van der Waals surface area contributed by atoms with Crippen LogP contribution in [0.4, 0.5) is 0 Å². The van der Waals surface area contributed by atoms with Crippen molar-refractivity contribution < 1.29 is 9.84 Å². The lowest BCUT2D eigenvalue weighted by Gasteiger charge is -2.08. The smallest absolute Gasteiger partial charge is 0.131 e. The SMILES string of the molecule is CCn1nc(C)c(Cl)c1COc1cccc(O)c1. The molecule has 1 N–H and O–H groups in total. The van der Waals surface area contributed by atoms with Crippen molar-refractivity contribution in [1.82, 2.24) is 9.78 Å². The normalized spacial score (nSPS) is 10.6. The predicted molar refractivity (Wildman–Crippen MR) is 70.1 cm³/mol. The fourth-order valence-corrected chi connectivity index (χ4v) is 1.92. The summed E-state index contributed by atoms with van der Waals surface area (Å²) in [7, 11) is 0. The van der Waals surface area contributed by atoms with Crippen molar-refractivity contribution in [2.45, 2.75) is 27.0 Å². The summed E-state index contributed by atoms with van der Waals surface area (Å²) in [6.45, 7) is 4.94. The minimum atomic E-state index is 0.179. The summed E-state index contributed by atoms with van der Waals surface area (Å²) >= 11 is 6.18. The van der Waals surface area contributed by atoms with Crippen LogP contribution >= 0.6 is 11.6 Å². The number of phenolic OH excluding ortho intramolecular Hbond substituents is 1. The lowest BCUT2D eigenvalue weighted by atomic mass is 10.3. The van der Waals surface area contributed by atoms with Crippen molar-refractivity contribution in [3.63, 3.8) is 0 Å². The molecule has 2 aromatic rings. The molecule has 0 aliphatic carbocycles.